The molecule has 2 heteroatoms. The lowest BCUT2D eigenvalue weighted by Gasteiger charge is -2.18. The molecule has 2 nitrogen and oxygen atoms in total. The lowest BCUT2D eigenvalue weighted by molar-refractivity contribution is 0.270. The summed E-state index contributed by atoms with van der Waals surface area (Å²) in [7, 11) is 1.69. The smallest absolute Gasteiger partial charge is 0.0890 e. The normalized spacial score (nSPS) is 19.9. The molecular weight excluding hydrogens is 198 g/mol. The largest absolute Gasteiger partial charge is 0.502 e. The molecule has 0 aromatic carbocycles. The second kappa shape index (κ2) is 7.48. The van der Waals surface area contributed by atoms with Crippen LogP contribution < -0.4 is 0 Å². The molecular formula is C14H25NO. The fourth-order valence-electron chi connectivity index (χ4n) is 2.15. The Morgan fingerprint density at radius 3 is 2.69 bits per heavy atom. The molecule has 1 unspecified atom stereocenters. The van der Waals surface area contributed by atoms with Gasteiger partial charge in [-0.15, -0.1) is 0 Å². The molecule has 0 aromatic heterocycles. The molecule has 1 aliphatic carbocycles. The zero-order chi connectivity index (χ0) is 11.8. The van der Waals surface area contributed by atoms with Gasteiger partial charge in [-0.05, 0) is 19.3 Å². The fourth-order valence-corrected chi connectivity index (χ4v) is 2.15. The van der Waals surface area contributed by atoms with E-state index in [1.165, 1.54) is 32.1 Å². The molecule has 0 aliphatic heterocycles. The van der Waals surface area contributed by atoms with Crippen molar-refractivity contribution in [2.45, 2.75) is 57.9 Å². The SMILES string of the molecule is C=C(CC(C=NC1CCCCC1)CC)OC. The molecule has 0 heterocycles. The van der Waals surface area contributed by atoms with Crippen molar-refractivity contribution in [2.24, 2.45) is 10.9 Å². The number of hydrogen-bond donors (Lipinski definition) is 0. The minimum atomic E-state index is 0.495. The van der Waals surface area contributed by atoms with Crippen LogP contribution in [0.1, 0.15) is 51.9 Å². The van der Waals surface area contributed by atoms with E-state index in [1.807, 2.05) is 0 Å². The summed E-state index contributed by atoms with van der Waals surface area (Å²) in [6.07, 6.45) is 10.8. The molecule has 1 fully saturated rings. The summed E-state index contributed by atoms with van der Waals surface area (Å²) in [6.45, 7) is 6.07. The first-order valence-corrected chi connectivity index (χ1v) is 6.51. The van der Waals surface area contributed by atoms with Gasteiger partial charge in [-0.1, -0.05) is 32.8 Å². The Labute approximate surface area is 99.8 Å². The maximum Gasteiger partial charge on any atom is 0.0890 e. The zero-order valence-corrected chi connectivity index (χ0v) is 10.7. The van der Waals surface area contributed by atoms with E-state index in [9.17, 15) is 0 Å². The van der Waals surface area contributed by atoms with Crippen molar-refractivity contribution < 1.29 is 4.74 Å². The molecule has 0 N–H and O–H groups in total. The van der Waals surface area contributed by atoms with Gasteiger partial charge in [-0.3, -0.25) is 4.99 Å². The third-order valence-corrected chi connectivity index (χ3v) is 3.39. The van der Waals surface area contributed by atoms with E-state index in [0.717, 1.165) is 18.6 Å². The highest BCUT2D eigenvalue weighted by molar-refractivity contribution is 5.61. The summed E-state index contributed by atoms with van der Waals surface area (Å²) in [4.78, 5) is 4.72. The highest BCUT2D eigenvalue weighted by Crippen LogP contribution is 2.21. The van der Waals surface area contributed by atoms with Crippen LogP contribution in [0.3, 0.4) is 0 Å². The van der Waals surface area contributed by atoms with Crippen molar-refractivity contribution in [1.29, 1.82) is 0 Å². The van der Waals surface area contributed by atoms with Gasteiger partial charge < -0.3 is 4.74 Å². The number of methoxy groups -OCH3 is 1. The molecule has 16 heavy (non-hydrogen) atoms. The van der Waals surface area contributed by atoms with Crippen LogP contribution in [0.25, 0.3) is 0 Å². The molecule has 1 saturated carbocycles. The number of ether oxygens (including phenoxy) is 1. The van der Waals surface area contributed by atoms with Crippen LogP contribution in [0.5, 0.6) is 0 Å². The summed E-state index contributed by atoms with van der Waals surface area (Å²) >= 11 is 0. The summed E-state index contributed by atoms with van der Waals surface area (Å²) < 4.78 is 5.12. The number of hydrogen-bond acceptors (Lipinski definition) is 2. The van der Waals surface area contributed by atoms with Gasteiger partial charge >= 0.3 is 0 Å². The molecule has 0 radical (unpaired) electrons. The van der Waals surface area contributed by atoms with Crippen molar-refractivity contribution in [3.8, 4) is 0 Å². The van der Waals surface area contributed by atoms with Crippen LogP contribution in [0, 0.1) is 5.92 Å². The average molecular weight is 223 g/mol. The maximum absolute atomic E-state index is 5.12. The van der Waals surface area contributed by atoms with E-state index in [0.29, 0.717) is 12.0 Å². The van der Waals surface area contributed by atoms with Crippen molar-refractivity contribution in [2.75, 3.05) is 7.11 Å². The van der Waals surface area contributed by atoms with E-state index in [-0.39, 0.29) is 0 Å². The molecule has 92 valence electrons. The van der Waals surface area contributed by atoms with Crippen LogP contribution >= 0.6 is 0 Å². The van der Waals surface area contributed by atoms with Crippen molar-refractivity contribution in [3.05, 3.63) is 12.3 Å². The third kappa shape index (κ3) is 4.82. The van der Waals surface area contributed by atoms with Crippen LogP contribution in [0.4, 0.5) is 0 Å². The molecule has 0 aromatic rings. The molecule has 1 atom stereocenters. The third-order valence-electron chi connectivity index (χ3n) is 3.39. The Kier molecular flexibility index (Phi) is 6.20. The van der Waals surface area contributed by atoms with Gasteiger partial charge in [0.1, 0.15) is 0 Å². The molecule has 1 rings (SSSR count). The van der Waals surface area contributed by atoms with E-state index in [1.54, 1.807) is 7.11 Å². The summed E-state index contributed by atoms with van der Waals surface area (Å²) in [5, 5.41) is 0. The number of allylic oxidation sites excluding steroid dienone is 1. The maximum atomic E-state index is 5.12. The first kappa shape index (κ1) is 13.3. The lowest BCUT2D eigenvalue weighted by atomic mass is 9.95. The van der Waals surface area contributed by atoms with Gasteiger partial charge in [0.25, 0.3) is 0 Å². The molecule has 0 bridgehead atoms. The minimum absolute atomic E-state index is 0.495. The second-order valence-electron chi connectivity index (χ2n) is 4.71. The standard InChI is InChI=1S/C14H25NO/c1-4-13(10-12(2)16-3)11-15-14-8-6-5-7-9-14/h11,13-14H,2,4-10H2,1,3H3. The van der Waals surface area contributed by atoms with Crippen LogP contribution in [0.15, 0.2) is 17.3 Å². The van der Waals surface area contributed by atoms with Crippen molar-refractivity contribution in [1.82, 2.24) is 0 Å². The molecule has 0 saturated heterocycles. The first-order chi connectivity index (χ1) is 7.76. The van der Waals surface area contributed by atoms with Crippen molar-refractivity contribution >= 4 is 6.21 Å². The summed E-state index contributed by atoms with van der Waals surface area (Å²) in [5.74, 6) is 1.36. The number of aliphatic imine (C=N–C) groups is 1. The Bertz CT molecular complexity index is 229. The lowest BCUT2D eigenvalue weighted by Crippen LogP contribution is -2.12. The van der Waals surface area contributed by atoms with Crippen LogP contribution in [0.2, 0.25) is 0 Å². The number of rotatable bonds is 6. The monoisotopic (exact) mass is 223 g/mol. The van der Waals surface area contributed by atoms with E-state index in [2.05, 4.69) is 19.7 Å². The second-order valence-corrected chi connectivity index (χ2v) is 4.71. The van der Waals surface area contributed by atoms with Gasteiger partial charge in [-0.25, -0.2) is 0 Å². The van der Waals surface area contributed by atoms with E-state index in [4.69, 9.17) is 9.73 Å². The molecule has 0 spiro atoms. The Morgan fingerprint density at radius 2 is 2.12 bits per heavy atom. The summed E-state index contributed by atoms with van der Waals surface area (Å²) in [5.41, 5.74) is 0. The molecule has 1 aliphatic rings. The Hall–Kier alpha value is -0.790. The topological polar surface area (TPSA) is 21.6 Å². The predicted molar refractivity (Wildman–Crippen MR) is 69.9 cm³/mol. The van der Waals surface area contributed by atoms with Crippen molar-refractivity contribution in [3.63, 3.8) is 0 Å². The van der Waals surface area contributed by atoms with Gasteiger partial charge in [0, 0.05) is 24.6 Å². The highest BCUT2D eigenvalue weighted by atomic mass is 16.5. The Morgan fingerprint density at radius 1 is 1.44 bits per heavy atom. The quantitative estimate of drug-likeness (QED) is 0.493. The molecule has 0 amide bonds. The predicted octanol–water partition coefficient (Wildman–Crippen LogP) is 3.97. The number of nitrogens with zero attached hydrogens (tertiary/aromatic N) is 1. The first-order valence-electron chi connectivity index (χ1n) is 6.51. The van der Waals surface area contributed by atoms with E-state index < -0.39 is 0 Å². The summed E-state index contributed by atoms with van der Waals surface area (Å²) in [6, 6.07) is 0.582. The van der Waals surface area contributed by atoms with Crippen LogP contribution in [-0.2, 0) is 4.74 Å². The fraction of sp³-hybridized carbons (Fsp3) is 0.786. The Balaban J connectivity index is 2.35. The zero-order valence-electron chi connectivity index (χ0n) is 10.7. The minimum Gasteiger partial charge on any atom is -0.502 e. The average Bonchev–Trinajstić information content (AvgIpc) is 2.35. The highest BCUT2D eigenvalue weighted by Gasteiger charge is 2.12. The van der Waals surface area contributed by atoms with Gasteiger partial charge in [-0.2, -0.15) is 0 Å². The van der Waals surface area contributed by atoms with Gasteiger partial charge in [0.2, 0.25) is 0 Å². The van der Waals surface area contributed by atoms with E-state index >= 15 is 0 Å². The van der Waals surface area contributed by atoms with Crippen LogP contribution in [-0.4, -0.2) is 19.4 Å². The van der Waals surface area contributed by atoms with Gasteiger partial charge in [0.05, 0.1) is 12.9 Å². The van der Waals surface area contributed by atoms with Gasteiger partial charge in [0.15, 0.2) is 0 Å².